The van der Waals surface area contributed by atoms with E-state index in [2.05, 4.69) is 28.7 Å². The van der Waals surface area contributed by atoms with Gasteiger partial charge in [0, 0.05) is 37.3 Å². The maximum atomic E-state index is 11.3. The zero-order chi connectivity index (χ0) is 24.4. The zero-order valence-electron chi connectivity index (χ0n) is 19.3. The largest absolute Gasteiger partial charge is 0.507 e. The Balaban J connectivity index is 0.000000271. The molecule has 3 aromatic carbocycles. The first kappa shape index (κ1) is 25.0. The van der Waals surface area contributed by atoms with E-state index >= 15 is 0 Å². The lowest BCUT2D eigenvalue weighted by molar-refractivity contribution is 0.0693. The summed E-state index contributed by atoms with van der Waals surface area (Å²) in [4.78, 5) is 14.9. The predicted octanol–water partition coefficient (Wildman–Crippen LogP) is 3.26. The lowest BCUT2D eigenvalue weighted by Crippen LogP contribution is -2.44. The molecule has 0 aliphatic carbocycles. The number of aromatic carboxylic acids is 1. The first-order valence-corrected chi connectivity index (χ1v) is 11.2. The Hall–Kier alpha value is -3.63. The molecule has 1 saturated heterocycles. The van der Waals surface area contributed by atoms with Crippen molar-refractivity contribution in [1.29, 1.82) is 0 Å². The first-order valence-electron chi connectivity index (χ1n) is 11.2. The normalized spacial score (nSPS) is 14.3. The van der Waals surface area contributed by atoms with Gasteiger partial charge in [0.1, 0.15) is 11.3 Å². The molecule has 176 valence electrons. The maximum Gasteiger partial charge on any atom is 0.339 e. The first-order chi connectivity index (χ1) is 16.4. The summed E-state index contributed by atoms with van der Waals surface area (Å²) in [5, 5.41) is 28.6. The maximum absolute atomic E-state index is 11.3. The summed E-state index contributed by atoms with van der Waals surface area (Å²) in [5.74, 6) is 5.04. The number of carboxylic acid groups (broad SMARTS) is 1. The molecule has 3 aromatic rings. The van der Waals surface area contributed by atoms with Gasteiger partial charge >= 0.3 is 5.97 Å². The lowest BCUT2D eigenvalue weighted by atomic mass is 9.87. The van der Waals surface area contributed by atoms with Gasteiger partial charge in [0.15, 0.2) is 5.60 Å². The number of nitrogens with zero attached hydrogens (tertiary/aromatic N) is 2. The number of hydrogen-bond acceptors (Lipinski definition) is 5. The van der Waals surface area contributed by atoms with Gasteiger partial charge < -0.3 is 20.2 Å². The highest BCUT2D eigenvalue weighted by Crippen LogP contribution is 2.28. The molecule has 1 heterocycles. The molecule has 1 aliphatic rings. The van der Waals surface area contributed by atoms with Crippen molar-refractivity contribution in [2.24, 2.45) is 0 Å². The van der Waals surface area contributed by atoms with Gasteiger partial charge in [-0.25, -0.2) is 4.79 Å². The van der Waals surface area contributed by atoms with Crippen LogP contribution in [0.2, 0.25) is 0 Å². The Kier molecular flexibility index (Phi) is 8.83. The molecule has 0 spiro atoms. The number of carboxylic acids is 1. The molecule has 0 aromatic heterocycles. The zero-order valence-corrected chi connectivity index (χ0v) is 19.3. The minimum Gasteiger partial charge on any atom is -0.507 e. The second kappa shape index (κ2) is 12.0. The molecule has 1 fully saturated rings. The fraction of sp³-hybridized carbons (Fsp3) is 0.250. The molecule has 0 amide bonds. The smallest absolute Gasteiger partial charge is 0.339 e. The van der Waals surface area contributed by atoms with Gasteiger partial charge in [-0.05, 0) is 19.2 Å². The van der Waals surface area contributed by atoms with E-state index in [9.17, 15) is 9.90 Å². The number of aromatic hydroxyl groups is 1. The van der Waals surface area contributed by atoms with E-state index < -0.39 is 11.6 Å². The molecule has 34 heavy (non-hydrogen) atoms. The van der Waals surface area contributed by atoms with Crippen LogP contribution in [0.1, 0.15) is 21.5 Å². The summed E-state index contributed by atoms with van der Waals surface area (Å²) in [6.45, 7) is 4.89. The Morgan fingerprint density at radius 1 is 0.853 bits per heavy atom. The summed E-state index contributed by atoms with van der Waals surface area (Å²) >= 11 is 0. The number of phenols is 1. The van der Waals surface area contributed by atoms with E-state index in [1.165, 1.54) is 12.1 Å². The Bertz CT molecular complexity index is 1080. The van der Waals surface area contributed by atoms with Crippen molar-refractivity contribution >= 4 is 5.97 Å². The third-order valence-electron chi connectivity index (χ3n) is 5.69. The average Bonchev–Trinajstić information content (AvgIpc) is 2.87. The van der Waals surface area contributed by atoms with E-state index in [-0.39, 0.29) is 11.3 Å². The van der Waals surface area contributed by atoms with Gasteiger partial charge in [0.2, 0.25) is 0 Å². The second-order valence-electron chi connectivity index (χ2n) is 8.15. The minimum absolute atomic E-state index is 0.0671. The van der Waals surface area contributed by atoms with Crippen molar-refractivity contribution in [2.75, 3.05) is 39.8 Å². The highest BCUT2D eigenvalue weighted by atomic mass is 16.4. The monoisotopic (exact) mass is 458 g/mol. The third kappa shape index (κ3) is 6.69. The number of carbonyl (C=O) groups is 1. The number of rotatable bonds is 4. The fourth-order valence-electron chi connectivity index (χ4n) is 3.61. The summed E-state index contributed by atoms with van der Waals surface area (Å²) in [7, 11) is 2.15. The molecule has 0 unspecified atom stereocenters. The highest BCUT2D eigenvalue weighted by molar-refractivity contribution is 5.90. The molecule has 6 heteroatoms. The quantitative estimate of drug-likeness (QED) is 0.521. The van der Waals surface area contributed by atoms with Crippen LogP contribution in [0.25, 0.3) is 0 Å². The predicted molar refractivity (Wildman–Crippen MR) is 133 cm³/mol. The molecular weight excluding hydrogens is 428 g/mol. The average molecular weight is 459 g/mol. The topological polar surface area (TPSA) is 84.2 Å². The van der Waals surface area contributed by atoms with Crippen LogP contribution in [0.3, 0.4) is 0 Å². The highest BCUT2D eigenvalue weighted by Gasteiger charge is 2.29. The number of benzene rings is 3. The van der Waals surface area contributed by atoms with Crippen molar-refractivity contribution in [3.05, 3.63) is 102 Å². The number of aliphatic hydroxyl groups is 1. The Labute approximate surface area is 200 Å². The van der Waals surface area contributed by atoms with Crippen LogP contribution in [0.15, 0.2) is 84.9 Å². The van der Waals surface area contributed by atoms with Gasteiger partial charge in [0.25, 0.3) is 0 Å². The standard InChI is InChI=1S/C21H24N2O.C7H6O3/c1-22-15-17-23(18-16-22)14-8-13-21(24,19-9-4-2-5-10-19)20-11-6-3-7-12-20;8-6-4-2-1-3-5(6)7(9)10/h2-7,9-12,24H,14-18H2,1H3;1-4,8H,(H,9,10). The van der Waals surface area contributed by atoms with Crippen LogP contribution >= 0.6 is 0 Å². The van der Waals surface area contributed by atoms with Gasteiger partial charge in [-0.3, -0.25) is 4.90 Å². The van der Waals surface area contributed by atoms with Crippen LogP contribution in [0.4, 0.5) is 0 Å². The van der Waals surface area contributed by atoms with E-state index in [0.29, 0.717) is 6.54 Å². The molecule has 0 radical (unpaired) electrons. The van der Waals surface area contributed by atoms with Gasteiger partial charge in [0.05, 0.1) is 6.54 Å². The summed E-state index contributed by atoms with van der Waals surface area (Å²) in [5.41, 5.74) is 0.279. The molecule has 1 aliphatic heterocycles. The summed E-state index contributed by atoms with van der Waals surface area (Å²) in [6.07, 6.45) is 0. The summed E-state index contributed by atoms with van der Waals surface area (Å²) in [6, 6.07) is 25.2. The Morgan fingerprint density at radius 3 is 1.82 bits per heavy atom. The Morgan fingerprint density at radius 2 is 1.35 bits per heavy atom. The fourth-order valence-corrected chi connectivity index (χ4v) is 3.61. The molecule has 0 bridgehead atoms. The lowest BCUT2D eigenvalue weighted by Gasteiger charge is -2.31. The minimum atomic E-state index is -1.27. The second-order valence-corrected chi connectivity index (χ2v) is 8.15. The molecule has 0 saturated carbocycles. The molecule has 6 nitrogen and oxygen atoms in total. The number of piperazine rings is 1. The van der Waals surface area contributed by atoms with E-state index in [1.807, 2.05) is 60.7 Å². The van der Waals surface area contributed by atoms with E-state index in [0.717, 1.165) is 37.3 Å². The molecule has 3 N–H and O–H groups in total. The van der Waals surface area contributed by atoms with Crippen molar-refractivity contribution in [3.63, 3.8) is 0 Å². The van der Waals surface area contributed by atoms with E-state index in [4.69, 9.17) is 10.2 Å². The molecule has 0 atom stereocenters. The van der Waals surface area contributed by atoms with Crippen LogP contribution in [0.5, 0.6) is 5.75 Å². The van der Waals surface area contributed by atoms with Crippen LogP contribution < -0.4 is 0 Å². The van der Waals surface area contributed by atoms with Crippen molar-refractivity contribution in [3.8, 4) is 17.6 Å². The number of para-hydroxylation sites is 1. The van der Waals surface area contributed by atoms with Crippen molar-refractivity contribution in [1.82, 2.24) is 9.80 Å². The van der Waals surface area contributed by atoms with Gasteiger partial charge in [-0.2, -0.15) is 0 Å². The van der Waals surface area contributed by atoms with Crippen molar-refractivity contribution < 1.29 is 20.1 Å². The van der Waals surface area contributed by atoms with Crippen LogP contribution in [0, 0.1) is 11.8 Å². The van der Waals surface area contributed by atoms with E-state index in [1.54, 1.807) is 12.1 Å². The molecular formula is C28H30N2O4. The number of hydrogen-bond donors (Lipinski definition) is 3. The van der Waals surface area contributed by atoms with Gasteiger partial charge in [-0.15, -0.1) is 0 Å². The van der Waals surface area contributed by atoms with Crippen LogP contribution in [-0.4, -0.2) is 70.9 Å². The third-order valence-corrected chi connectivity index (χ3v) is 5.69. The molecule has 4 rings (SSSR count). The van der Waals surface area contributed by atoms with Crippen LogP contribution in [-0.2, 0) is 5.60 Å². The van der Waals surface area contributed by atoms with Crippen molar-refractivity contribution in [2.45, 2.75) is 5.60 Å². The van der Waals surface area contributed by atoms with Gasteiger partial charge in [-0.1, -0.05) is 84.6 Å². The number of likely N-dealkylation sites (N-methyl/N-ethyl adjacent to an activating group) is 1. The SMILES string of the molecule is CN1CCN(CC#CC(O)(c2ccccc2)c2ccccc2)CC1.O=C(O)c1ccccc1O. The summed E-state index contributed by atoms with van der Waals surface area (Å²) < 4.78 is 0.